The summed E-state index contributed by atoms with van der Waals surface area (Å²) in [6.07, 6.45) is 1.03. The first-order chi connectivity index (χ1) is 7.15. The highest BCUT2D eigenvalue weighted by molar-refractivity contribution is 5.96. The lowest BCUT2D eigenvalue weighted by molar-refractivity contribution is 0.0945. The molecule has 1 atom stereocenters. The van der Waals surface area contributed by atoms with E-state index < -0.39 is 0 Å². The van der Waals surface area contributed by atoms with Gasteiger partial charge in [-0.25, -0.2) is 0 Å². The molecular formula is C12H17NO2. The van der Waals surface area contributed by atoms with Gasteiger partial charge in [0, 0.05) is 6.54 Å². The minimum Gasteiger partial charge on any atom is -0.507 e. The number of aromatic hydroxyl groups is 1. The fourth-order valence-corrected chi connectivity index (χ4v) is 1.17. The van der Waals surface area contributed by atoms with Crippen LogP contribution in [0.5, 0.6) is 5.75 Å². The number of amides is 1. The molecular weight excluding hydrogens is 190 g/mol. The first kappa shape index (κ1) is 11.6. The van der Waals surface area contributed by atoms with E-state index >= 15 is 0 Å². The van der Waals surface area contributed by atoms with Gasteiger partial charge in [0.15, 0.2) is 0 Å². The van der Waals surface area contributed by atoms with Crippen LogP contribution < -0.4 is 5.32 Å². The number of rotatable bonds is 4. The molecule has 0 fully saturated rings. The minimum atomic E-state index is -0.214. The Balaban J connectivity index is 2.58. The summed E-state index contributed by atoms with van der Waals surface area (Å²) in [6.45, 7) is 4.80. The molecule has 0 heterocycles. The van der Waals surface area contributed by atoms with Gasteiger partial charge in [-0.3, -0.25) is 4.79 Å². The molecule has 1 aromatic carbocycles. The number of hydrogen-bond donors (Lipinski definition) is 2. The van der Waals surface area contributed by atoms with Gasteiger partial charge >= 0.3 is 0 Å². The average Bonchev–Trinajstić information content (AvgIpc) is 2.26. The molecule has 3 nitrogen and oxygen atoms in total. The zero-order valence-corrected chi connectivity index (χ0v) is 9.16. The van der Waals surface area contributed by atoms with E-state index in [4.69, 9.17) is 0 Å². The molecule has 82 valence electrons. The third kappa shape index (κ3) is 3.27. The molecule has 1 rings (SSSR count). The number of hydrogen-bond acceptors (Lipinski definition) is 2. The van der Waals surface area contributed by atoms with E-state index in [0.29, 0.717) is 18.0 Å². The van der Waals surface area contributed by atoms with E-state index in [1.807, 2.05) is 0 Å². The van der Waals surface area contributed by atoms with Crippen LogP contribution in [0.4, 0.5) is 0 Å². The van der Waals surface area contributed by atoms with Gasteiger partial charge in [0.25, 0.3) is 5.91 Å². The van der Waals surface area contributed by atoms with Crippen molar-refractivity contribution in [3.8, 4) is 5.75 Å². The summed E-state index contributed by atoms with van der Waals surface area (Å²) in [6, 6.07) is 6.55. The summed E-state index contributed by atoms with van der Waals surface area (Å²) < 4.78 is 0. The number of phenols is 1. The van der Waals surface area contributed by atoms with Gasteiger partial charge in [-0.1, -0.05) is 32.4 Å². The summed E-state index contributed by atoms with van der Waals surface area (Å²) >= 11 is 0. The maximum atomic E-state index is 11.6. The Morgan fingerprint density at radius 3 is 2.73 bits per heavy atom. The predicted octanol–water partition coefficient (Wildman–Crippen LogP) is 2.17. The maximum Gasteiger partial charge on any atom is 0.255 e. The molecule has 1 amide bonds. The summed E-state index contributed by atoms with van der Waals surface area (Å²) in [5, 5.41) is 12.2. The van der Waals surface area contributed by atoms with Crippen molar-refractivity contribution in [1.82, 2.24) is 5.32 Å². The van der Waals surface area contributed by atoms with Crippen molar-refractivity contribution in [3.63, 3.8) is 0 Å². The number of carbonyl (C=O) groups excluding carboxylic acids is 1. The molecule has 0 aliphatic heterocycles. The van der Waals surface area contributed by atoms with Gasteiger partial charge in [-0.15, -0.1) is 0 Å². The second kappa shape index (κ2) is 5.39. The van der Waals surface area contributed by atoms with Gasteiger partial charge < -0.3 is 10.4 Å². The van der Waals surface area contributed by atoms with E-state index in [1.54, 1.807) is 18.2 Å². The fourth-order valence-electron chi connectivity index (χ4n) is 1.17. The van der Waals surface area contributed by atoms with E-state index in [9.17, 15) is 9.90 Å². The van der Waals surface area contributed by atoms with Crippen molar-refractivity contribution in [2.75, 3.05) is 6.54 Å². The van der Waals surface area contributed by atoms with Gasteiger partial charge in [-0.05, 0) is 18.1 Å². The lowest BCUT2D eigenvalue weighted by Crippen LogP contribution is -2.28. The summed E-state index contributed by atoms with van der Waals surface area (Å²) in [5.41, 5.74) is 0.334. The minimum absolute atomic E-state index is 0.0270. The van der Waals surface area contributed by atoms with E-state index in [1.165, 1.54) is 6.07 Å². The highest BCUT2D eigenvalue weighted by atomic mass is 16.3. The fraction of sp³-hybridized carbons (Fsp3) is 0.417. The summed E-state index contributed by atoms with van der Waals surface area (Å²) in [7, 11) is 0. The van der Waals surface area contributed by atoms with Crippen molar-refractivity contribution in [1.29, 1.82) is 0 Å². The topological polar surface area (TPSA) is 49.3 Å². The van der Waals surface area contributed by atoms with Crippen LogP contribution >= 0.6 is 0 Å². The van der Waals surface area contributed by atoms with Crippen molar-refractivity contribution in [3.05, 3.63) is 29.8 Å². The van der Waals surface area contributed by atoms with Crippen molar-refractivity contribution in [2.45, 2.75) is 20.3 Å². The molecule has 1 aromatic rings. The Bertz CT molecular complexity index is 336. The van der Waals surface area contributed by atoms with Crippen molar-refractivity contribution >= 4 is 5.91 Å². The molecule has 0 bridgehead atoms. The molecule has 0 aromatic heterocycles. The molecule has 1 unspecified atom stereocenters. The molecule has 0 aliphatic carbocycles. The van der Waals surface area contributed by atoms with Crippen LogP contribution in [0.2, 0.25) is 0 Å². The molecule has 0 aliphatic rings. The highest BCUT2D eigenvalue weighted by Gasteiger charge is 2.10. The third-order valence-electron chi connectivity index (χ3n) is 2.46. The van der Waals surface area contributed by atoms with E-state index in [2.05, 4.69) is 19.2 Å². The van der Waals surface area contributed by atoms with Crippen LogP contribution in [0.3, 0.4) is 0 Å². The van der Waals surface area contributed by atoms with Gasteiger partial charge in [-0.2, -0.15) is 0 Å². The van der Waals surface area contributed by atoms with Crippen molar-refractivity contribution in [2.24, 2.45) is 5.92 Å². The first-order valence-electron chi connectivity index (χ1n) is 5.21. The number of para-hydroxylation sites is 1. The van der Waals surface area contributed by atoms with Crippen LogP contribution in [0, 0.1) is 5.92 Å². The number of phenolic OH excluding ortho intramolecular Hbond substituents is 1. The van der Waals surface area contributed by atoms with Crippen LogP contribution in [0.15, 0.2) is 24.3 Å². The van der Waals surface area contributed by atoms with Crippen LogP contribution in [0.25, 0.3) is 0 Å². The monoisotopic (exact) mass is 207 g/mol. The van der Waals surface area contributed by atoms with Gasteiger partial charge in [0.05, 0.1) is 5.56 Å². The zero-order chi connectivity index (χ0) is 11.3. The summed E-state index contributed by atoms with van der Waals surface area (Å²) in [4.78, 5) is 11.6. The SMILES string of the molecule is CCC(C)CNC(=O)c1ccccc1O. The molecule has 2 N–H and O–H groups in total. The largest absolute Gasteiger partial charge is 0.507 e. The van der Waals surface area contributed by atoms with Gasteiger partial charge in [0.2, 0.25) is 0 Å². The highest BCUT2D eigenvalue weighted by Crippen LogP contribution is 2.15. The van der Waals surface area contributed by atoms with Crippen LogP contribution in [0.1, 0.15) is 30.6 Å². The predicted molar refractivity (Wildman–Crippen MR) is 59.9 cm³/mol. The average molecular weight is 207 g/mol. The Hall–Kier alpha value is -1.51. The van der Waals surface area contributed by atoms with E-state index in [-0.39, 0.29) is 11.7 Å². The quantitative estimate of drug-likeness (QED) is 0.795. The molecule has 3 heteroatoms. The normalized spacial score (nSPS) is 12.1. The molecule has 0 saturated carbocycles. The second-order valence-corrected chi connectivity index (χ2v) is 3.74. The lowest BCUT2D eigenvalue weighted by Gasteiger charge is -2.10. The second-order valence-electron chi connectivity index (χ2n) is 3.74. The number of carbonyl (C=O) groups is 1. The van der Waals surface area contributed by atoms with E-state index in [0.717, 1.165) is 6.42 Å². The lowest BCUT2D eigenvalue weighted by atomic mass is 10.1. The van der Waals surface area contributed by atoms with Crippen LogP contribution in [-0.2, 0) is 0 Å². The Kier molecular flexibility index (Phi) is 4.16. The zero-order valence-electron chi connectivity index (χ0n) is 9.16. The first-order valence-corrected chi connectivity index (χ1v) is 5.21. The van der Waals surface area contributed by atoms with Crippen molar-refractivity contribution < 1.29 is 9.90 Å². The van der Waals surface area contributed by atoms with Crippen LogP contribution in [-0.4, -0.2) is 17.6 Å². The standard InChI is InChI=1S/C12H17NO2/c1-3-9(2)8-13-12(15)10-6-4-5-7-11(10)14/h4-7,9,14H,3,8H2,1-2H3,(H,13,15). The number of nitrogens with one attached hydrogen (secondary N) is 1. The maximum absolute atomic E-state index is 11.6. The number of benzene rings is 1. The molecule has 15 heavy (non-hydrogen) atoms. The molecule has 0 radical (unpaired) electrons. The van der Waals surface area contributed by atoms with Gasteiger partial charge in [0.1, 0.15) is 5.75 Å². The third-order valence-corrected chi connectivity index (χ3v) is 2.46. The Labute approximate surface area is 90.1 Å². The smallest absolute Gasteiger partial charge is 0.255 e. The Morgan fingerprint density at radius 1 is 1.47 bits per heavy atom. The summed E-state index contributed by atoms with van der Waals surface area (Å²) in [5.74, 6) is 0.271. The molecule has 0 spiro atoms. The molecule has 0 saturated heterocycles. The Morgan fingerprint density at radius 2 is 2.13 bits per heavy atom.